The summed E-state index contributed by atoms with van der Waals surface area (Å²) >= 11 is 0. The van der Waals surface area contributed by atoms with Gasteiger partial charge in [0.15, 0.2) is 0 Å². The molecule has 2 nitrogen and oxygen atoms in total. The first-order valence-electron chi connectivity index (χ1n) is 10.3. The lowest BCUT2D eigenvalue weighted by atomic mass is 9.68. The molecule has 0 spiro atoms. The Labute approximate surface area is 158 Å². The van der Waals surface area contributed by atoms with Gasteiger partial charge in [-0.1, -0.05) is 68.3 Å². The molecule has 0 N–H and O–H groups in total. The van der Waals surface area contributed by atoms with Gasteiger partial charge in [0, 0.05) is 0 Å². The Kier molecular flexibility index (Phi) is 4.49. The Balaban J connectivity index is 1.54. The van der Waals surface area contributed by atoms with Gasteiger partial charge >= 0.3 is 0 Å². The van der Waals surface area contributed by atoms with Gasteiger partial charge in [-0.05, 0) is 72.8 Å². The van der Waals surface area contributed by atoms with Crippen LogP contribution >= 0.6 is 0 Å². The summed E-state index contributed by atoms with van der Waals surface area (Å²) in [6.07, 6.45) is 9.27. The summed E-state index contributed by atoms with van der Waals surface area (Å²) in [6, 6.07) is 10.3. The molecule has 26 heavy (non-hydrogen) atoms. The molecular weight excluding hydrogens is 318 g/mol. The molecule has 2 heteroatoms. The molecule has 0 heterocycles. The van der Waals surface area contributed by atoms with Crippen LogP contribution in [0.3, 0.4) is 0 Å². The van der Waals surface area contributed by atoms with Crippen LogP contribution in [0.1, 0.15) is 65.4 Å². The van der Waals surface area contributed by atoms with E-state index in [-0.39, 0.29) is 0 Å². The molecule has 0 amide bonds. The molecule has 0 aromatic heterocycles. The first kappa shape index (κ1) is 17.8. The van der Waals surface area contributed by atoms with Crippen LogP contribution in [0.4, 0.5) is 0 Å². The van der Waals surface area contributed by atoms with Crippen LogP contribution in [0.15, 0.2) is 47.1 Å². The van der Waals surface area contributed by atoms with E-state index in [0.717, 1.165) is 29.0 Å². The maximum Gasteiger partial charge on any atom is 0.142 e. The third-order valence-corrected chi connectivity index (χ3v) is 7.60. The predicted molar refractivity (Wildman–Crippen MR) is 108 cm³/mol. The fourth-order valence-corrected chi connectivity index (χ4v) is 6.50. The lowest BCUT2D eigenvalue weighted by Crippen LogP contribution is -2.28. The second-order valence-corrected chi connectivity index (χ2v) is 9.67. The maximum absolute atomic E-state index is 5.63. The van der Waals surface area contributed by atoms with Crippen molar-refractivity contribution in [1.82, 2.24) is 0 Å². The highest BCUT2D eigenvalue weighted by Crippen LogP contribution is 2.70. The second-order valence-electron chi connectivity index (χ2n) is 9.67. The zero-order valence-corrected chi connectivity index (χ0v) is 16.8. The van der Waals surface area contributed by atoms with Gasteiger partial charge in [0.25, 0.3) is 0 Å². The van der Waals surface area contributed by atoms with Crippen molar-refractivity contribution in [3.8, 4) is 0 Å². The van der Waals surface area contributed by atoms with Crippen LogP contribution in [-0.4, -0.2) is 5.71 Å². The highest BCUT2D eigenvalue weighted by molar-refractivity contribution is 5.93. The standard InChI is InChI=1S/C24H33NO/c1-17(25-26-16-18-9-6-5-7-10-18)15-21-19-11-12-20-22(19)23(2,3)13-8-14-24(20,21)4/h5-7,9-10,15,19-20,22H,8,11-14,16H2,1-4H3/b21-15-,25-17+/t19-,20-,22-,24+/m1/s1. The molecular formula is C24H33NO. The van der Waals surface area contributed by atoms with Crippen molar-refractivity contribution < 1.29 is 4.84 Å². The highest BCUT2D eigenvalue weighted by Gasteiger charge is 2.62. The molecule has 0 unspecified atom stereocenters. The van der Waals surface area contributed by atoms with E-state index in [4.69, 9.17) is 4.84 Å². The van der Waals surface area contributed by atoms with E-state index in [2.05, 4.69) is 51.1 Å². The van der Waals surface area contributed by atoms with Gasteiger partial charge in [0.05, 0.1) is 5.71 Å². The maximum atomic E-state index is 5.63. The molecule has 3 aliphatic rings. The molecule has 3 fully saturated rings. The summed E-state index contributed by atoms with van der Waals surface area (Å²) in [5.41, 5.74) is 4.73. The van der Waals surface area contributed by atoms with E-state index < -0.39 is 0 Å². The van der Waals surface area contributed by atoms with Crippen LogP contribution in [0, 0.1) is 28.6 Å². The summed E-state index contributed by atoms with van der Waals surface area (Å²) in [4.78, 5) is 5.63. The minimum atomic E-state index is 0.386. The summed E-state index contributed by atoms with van der Waals surface area (Å²) < 4.78 is 0. The van der Waals surface area contributed by atoms with Crippen molar-refractivity contribution in [3.05, 3.63) is 47.5 Å². The number of oxime groups is 1. The minimum Gasteiger partial charge on any atom is -0.391 e. The first-order valence-corrected chi connectivity index (χ1v) is 10.3. The normalized spacial score (nSPS) is 37.0. The Morgan fingerprint density at radius 1 is 1.15 bits per heavy atom. The van der Waals surface area contributed by atoms with Crippen LogP contribution < -0.4 is 0 Å². The van der Waals surface area contributed by atoms with Gasteiger partial charge in [-0.3, -0.25) is 0 Å². The molecule has 0 saturated heterocycles. The van der Waals surface area contributed by atoms with Crippen molar-refractivity contribution in [2.45, 2.75) is 66.4 Å². The van der Waals surface area contributed by atoms with E-state index in [0.29, 0.717) is 17.4 Å². The fraction of sp³-hybridized carbons (Fsp3) is 0.625. The number of hydrogen-bond acceptors (Lipinski definition) is 2. The summed E-state index contributed by atoms with van der Waals surface area (Å²) in [5, 5.41) is 4.41. The van der Waals surface area contributed by atoms with Crippen molar-refractivity contribution in [3.63, 3.8) is 0 Å². The van der Waals surface area contributed by atoms with Gasteiger partial charge in [-0.2, -0.15) is 0 Å². The fourth-order valence-electron chi connectivity index (χ4n) is 6.50. The van der Waals surface area contributed by atoms with E-state index >= 15 is 0 Å². The zero-order chi connectivity index (χ0) is 18.4. The monoisotopic (exact) mass is 351 g/mol. The Bertz CT molecular complexity index is 717. The molecule has 4 bridgehead atoms. The van der Waals surface area contributed by atoms with Gasteiger partial charge in [-0.25, -0.2) is 0 Å². The summed E-state index contributed by atoms with van der Waals surface area (Å²) in [7, 11) is 0. The Morgan fingerprint density at radius 3 is 2.69 bits per heavy atom. The van der Waals surface area contributed by atoms with E-state index in [1.165, 1.54) is 32.1 Å². The van der Waals surface area contributed by atoms with Crippen molar-refractivity contribution in [1.29, 1.82) is 0 Å². The number of allylic oxidation sites excluding steroid dienone is 2. The average molecular weight is 352 g/mol. The van der Waals surface area contributed by atoms with E-state index in [9.17, 15) is 0 Å². The Hall–Kier alpha value is -1.57. The molecule has 0 radical (unpaired) electrons. The Morgan fingerprint density at radius 2 is 1.92 bits per heavy atom. The topological polar surface area (TPSA) is 21.6 Å². The summed E-state index contributed by atoms with van der Waals surface area (Å²) in [6.45, 7) is 10.2. The lowest BCUT2D eigenvalue weighted by Gasteiger charge is -2.36. The molecule has 3 aliphatic carbocycles. The second kappa shape index (κ2) is 6.55. The zero-order valence-electron chi connectivity index (χ0n) is 16.8. The number of benzene rings is 1. The predicted octanol–water partition coefficient (Wildman–Crippen LogP) is 6.38. The molecule has 1 aromatic rings. The third kappa shape index (κ3) is 2.92. The SMILES string of the molecule is CC(/C=C1/[C@H]2CC[C@@H]3[C@@H]2C(C)(C)CCC[C@]13C)=N\OCc1ccccc1. The van der Waals surface area contributed by atoms with Crippen molar-refractivity contribution in [2.75, 3.05) is 0 Å². The van der Waals surface area contributed by atoms with Gasteiger partial charge in [0.1, 0.15) is 6.61 Å². The lowest BCUT2D eigenvalue weighted by molar-refractivity contribution is 0.130. The van der Waals surface area contributed by atoms with Crippen LogP contribution in [0.5, 0.6) is 0 Å². The number of hydrogen-bond donors (Lipinski definition) is 0. The minimum absolute atomic E-state index is 0.386. The molecule has 0 aliphatic heterocycles. The average Bonchev–Trinajstić information content (AvgIpc) is 3.10. The van der Waals surface area contributed by atoms with Crippen LogP contribution in [0.25, 0.3) is 0 Å². The quantitative estimate of drug-likeness (QED) is 0.456. The first-order chi connectivity index (χ1) is 12.4. The van der Waals surface area contributed by atoms with Crippen LogP contribution in [0.2, 0.25) is 0 Å². The molecule has 4 rings (SSSR count). The number of nitrogens with zero attached hydrogens (tertiary/aromatic N) is 1. The smallest absolute Gasteiger partial charge is 0.142 e. The summed E-state index contributed by atoms with van der Waals surface area (Å²) in [5.74, 6) is 2.49. The molecule has 140 valence electrons. The molecule has 3 saturated carbocycles. The highest BCUT2D eigenvalue weighted by atomic mass is 16.6. The largest absolute Gasteiger partial charge is 0.391 e. The van der Waals surface area contributed by atoms with Gasteiger partial charge < -0.3 is 4.84 Å². The van der Waals surface area contributed by atoms with Crippen molar-refractivity contribution in [2.24, 2.45) is 33.7 Å². The number of rotatable bonds is 4. The third-order valence-electron chi connectivity index (χ3n) is 7.60. The van der Waals surface area contributed by atoms with E-state index in [1.807, 2.05) is 18.2 Å². The van der Waals surface area contributed by atoms with Crippen molar-refractivity contribution >= 4 is 5.71 Å². The van der Waals surface area contributed by atoms with Crippen LogP contribution in [-0.2, 0) is 11.4 Å². The van der Waals surface area contributed by atoms with E-state index in [1.54, 1.807) is 5.57 Å². The van der Waals surface area contributed by atoms with Gasteiger partial charge in [-0.15, -0.1) is 0 Å². The van der Waals surface area contributed by atoms with Gasteiger partial charge in [0.2, 0.25) is 0 Å². The molecule has 4 atom stereocenters. The molecule has 1 aromatic carbocycles.